The predicted molar refractivity (Wildman–Crippen MR) is 105 cm³/mol. The molecule has 0 unspecified atom stereocenters. The first-order valence-corrected chi connectivity index (χ1v) is 9.59. The number of carbonyl (C=O) groups is 1. The molecule has 0 saturated carbocycles. The molecule has 1 aromatic rings. The molecule has 0 radical (unpaired) electrons. The van der Waals surface area contributed by atoms with Gasteiger partial charge in [0.2, 0.25) is 0 Å². The van der Waals surface area contributed by atoms with Crippen LogP contribution >= 0.6 is 0 Å². The average Bonchev–Trinajstić information content (AvgIpc) is 3.14. The number of carbonyl (C=O) groups excluding carboxylic acids is 1. The van der Waals surface area contributed by atoms with Gasteiger partial charge in [0, 0.05) is 29.8 Å². The highest BCUT2D eigenvalue weighted by Crippen LogP contribution is 2.47. The van der Waals surface area contributed by atoms with Crippen LogP contribution in [0.3, 0.4) is 0 Å². The minimum absolute atomic E-state index is 0.0591. The molecule has 28 heavy (non-hydrogen) atoms. The van der Waals surface area contributed by atoms with Gasteiger partial charge < -0.3 is 14.0 Å². The number of pyridine rings is 1. The van der Waals surface area contributed by atoms with Gasteiger partial charge in [-0.3, -0.25) is 4.79 Å². The highest BCUT2D eigenvalue weighted by molar-refractivity contribution is 6.06. The summed E-state index contributed by atoms with van der Waals surface area (Å²) in [7, 11) is 3.31. The van der Waals surface area contributed by atoms with Gasteiger partial charge in [-0.25, -0.2) is 0 Å². The molecule has 0 amide bonds. The van der Waals surface area contributed by atoms with Crippen molar-refractivity contribution in [2.24, 2.45) is 5.41 Å². The van der Waals surface area contributed by atoms with Crippen LogP contribution < -0.4 is 9.47 Å². The van der Waals surface area contributed by atoms with E-state index in [1.165, 1.54) is 5.56 Å². The third-order valence-corrected chi connectivity index (χ3v) is 6.01. The van der Waals surface area contributed by atoms with Crippen LogP contribution in [0, 0.1) is 5.41 Å². The molecule has 6 nitrogen and oxygen atoms in total. The standard InChI is InChI=1S/C22H23N3O3/c1-22(2)9-15-19(16(26)10-22)20-14(11-23-24-20)21-13-8-18(28-4)17(27-3)7-12(13)5-6-25(15)21/h7-8,11H,5-6,9-10H2,1-4H3. The van der Waals surface area contributed by atoms with Crippen molar-refractivity contribution < 1.29 is 14.3 Å². The Hall–Kier alpha value is -2.89. The van der Waals surface area contributed by atoms with Gasteiger partial charge in [0.15, 0.2) is 17.3 Å². The number of ether oxygens (including phenoxy) is 2. The number of rotatable bonds is 2. The van der Waals surface area contributed by atoms with E-state index in [9.17, 15) is 4.79 Å². The molecule has 0 saturated heterocycles. The Kier molecular flexibility index (Phi) is 3.57. The van der Waals surface area contributed by atoms with Gasteiger partial charge in [-0.2, -0.15) is 5.10 Å². The molecule has 5 rings (SSSR count). The van der Waals surface area contributed by atoms with Crippen LogP contribution in [-0.4, -0.2) is 34.8 Å². The van der Waals surface area contributed by atoms with Crippen molar-refractivity contribution in [2.75, 3.05) is 14.2 Å². The zero-order valence-corrected chi connectivity index (χ0v) is 16.6. The molecule has 1 aromatic carbocycles. The third-order valence-electron chi connectivity index (χ3n) is 6.01. The Morgan fingerprint density at radius 1 is 1.07 bits per heavy atom. The third kappa shape index (κ3) is 2.30. The van der Waals surface area contributed by atoms with Crippen LogP contribution in [0.15, 0.2) is 18.3 Å². The van der Waals surface area contributed by atoms with Crippen molar-refractivity contribution in [3.05, 3.63) is 35.2 Å². The number of ketones is 1. The van der Waals surface area contributed by atoms with Gasteiger partial charge in [0.1, 0.15) is 5.69 Å². The van der Waals surface area contributed by atoms with Gasteiger partial charge in [-0.1, -0.05) is 13.8 Å². The molecule has 0 bridgehead atoms. The lowest BCUT2D eigenvalue weighted by Gasteiger charge is -2.36. The number of nitrogens with zero attached hydrogens (tertiary/aromatic N) is 3. The van der Waals surface area contributed by atoms with Gasteiger partial charge >= 0.3 is 0 Å². The van der Waals surface area contributed by atoms with Crippen molar-refractivity contribution in [1.29, 1.82) is 0 Å². The molecule has 1 aliphatic carbocycles. The maximum absolute atomic E-state index is 13.0. The molecular weight excluding hydrogens is 354 g/mol. The highest BCUT2D eigenvalue weighted by atomic mass is 16.5. The quantitative estimate of drug-likeness (QED) is 0.680. The number of aryl methyl sites for hydroxylation is 1. The van der Waals surface area contributed by atoms with Crippen molar-refractivity contribution >= 4 is 5.78 Å². The molecule has 6 heteroatoms. The second kappa shape index (κ2) is 5.80. The van der Waals surface area contributed by atoms with Crippen LogP contribution in [0.4, 0.5) is 0 Å². The van der Waals surface area contributed by atoms with E-state index in [0.29, 0.717) is 12.2 Å². The molecule has 0 fully saturated rings. The lowest BCUT2D eigenvalue weighted by molar-refractivity contribution is 0.0908. The molecule has 3 aliphatic heterocycles. The highest BCUT2D eigenvalue weighted by Gasteiger charge is 2.39. The van der Waals surface area contributed by atoms with Crippen molar-refractivity contribution in [3.8, 4) is 34.0 Å². The topological polar surface area (TPSA) is 66.2 Å². The molecule has 3 heterocycles. The number of hydrogen-bond donors (Lipinski definition) is 0. The lowest BCUT2D eigenvalue weighted by atomic mass is 9.73. The summed E-state index contributed by atoms with van der Waals surface area (Å²) in [5, 5.41) is 8.51. The largest absolute Gasteiger partial charge is 0.493 e. The Labute approximate surface area is 163 Å². The summed E-state index contributed by atoms with van der Waals surface area (Å²) in [4.78, 5) is 13.0. The van der Waals surface area contributed by atoms with E-state index in [1.54, 1.807) is 20.4 Å². The lowest BCUT2D eigenvalue weighted by Crippen LogP contribution is -2.33. The van der Waals surface area contributed by atoms with Crippen molar-refractivity contribution in [1.82, 2.24) is 14.8 Å². The first kappa shape index (κ1) is 17.2. The second-order valence-corrected chi connectivity index (χ2v) is 8.48. The fourth-order valence-electron chi connectivity index (χ4n) is 4.80. The second-order valence-electron chi connectivity index (χ2n) is 8.48. The van der Waals surface area contributed by atoms with Crippen LogP contribution in [0.2, 0.25) is 0 Å². The predicted octanol–water partition coefficient (Wildman–Crippen LogP) is 3.78. The maximum Gasteiger partial charge on any atom is 0.167 e. The zero-order chi connectivity index (χ0) is 19.6. The molecule has 4 aliphatic rings. The number of aromatic nitrogens is 3. The van der Waals surface area contributed by atoms with Crippen molar-refractivity contribution in [2.45, 2.75) is 39.7 Å². The number of Topliss-reactive ketones (excluding diaryl/α,β-unsaturated/α-hetero) is 1. The number of benzene rings is 1. The molecule has 0 spiro atoms. The monoisotopic (exact) mass is 377 g/mol. The number of fused-ring (bicyclic) bond motifs is 8. The smallest absolute Gasteiger partial charge is 0.167 e. The zero-order valence-electron chi connectivity index (χ0n) is 16.6. The summed E-state index contributed by atoms with van der Waals surface area (Å²) < 4.78 is 13.4. The first-order chi connectivity index (χ1) is 13.4. The molecule has 144 valence electrons. The Bertz CT molecular complexity index is 1100. The van der Waals surface area contributed by atoms with E-state index in [1.807, 2.05) is 6.07 Å². The number of hydrogen-bond acceptors (Lipinski definition) is 5. The summed E-state index contributed by atoms with van der Waals surface area (Å²) in [5.74, 6) is 1.61. The fourth-order valence-corrected chi connectivity index (χ4v) is 4.80. The normalized spacial score (nSPS) is 17.1. The molecular formula is C22H23N3O3. The molecule has 0 aromatic heterocycles. The first-order valence-electron chi connectivity index (χ1n) is 9.59. The van der Waals surface area contributed by atoms with Crippen LogP contribution in [0.5, 0.6) is 11.5 Å². The summed E-state index contributed by atoms with van der Waals surface area (Å²) in [6.07, 6.45) is 4.05. The van der Waals surface area contributed by atoms with Gasteiger partial charge in [0.25, 0.3) is 0 Å². The van der Waals surface area contributed by atoms with Crippen LogP contribution in [0.25, 0.3) is 22.5 Å². The van der Waals surface area contributed by atoms with Crippen LogP contribution in [-0.2, 0) is 19.4 Å². The van der Waals surface area contributed by atoms with E-state index in [2.05, 4.69) is 34.7 Å². The van der Waals surface area contributed by atoms with E-state index in [0.717, 1.165) is 58.9 Å². The Morgan fingerprint density at radius 2 is 1.82 bits per heavy atom. The molecule has 0 atom stereocenters. The maximum atomic E-state index is 13.0. The van der Waals surface area contributed by atoms with E-state index in [4.69, 9.17) is 9.47 Å². The van der Waals surface area contributed by atoms with Gasteiger partial charge in [-0.15, -0.1) is 5.10 Å². The average molecular weight is 377 g/mol. The Morgan fingerprint density at radius 3 is 2.57 bits per heavy atom. The summed E-state index contributed by atoms with van der Waals surface area (Å²) in [5.41, 5.74) is 6.83. The summed E-state index contributed by atoms with van der Waals surface area (Å²) in [6.45, 7) is 5.14. The Balaban J connectivity index is 1.85. The van der Waals surface area contributed by atoms with Crippen molar-refractivity contribution in [3.63, 3.8) is 0 Å². The summed E-state index contributed by atoms with van der Waals surface area (Å²) in [6, 6.07) is 4.09. The van der Waals surface area contributed by atoms with E-state index >= 15 is 0 Å². The number of methoxy groups -OCH3 is 2. The van der Waals surface area contributed by atoms with E-state index in [-0.39, 0.29) is 11.2 Å². The van der Waals surface area contributed by atoms with Gasteiger partial charge in [0.05, 0.1) is 31.7 Å². The molecule has 0 N–H and O–H groups in total. The summed E-state index contributed by atoms with van der Waals surface area (Å²) >= 11 is 0. The van der Waals surface area contributed by atoms with Gasteiger partial charge in [-0.05, 0) is 36.0 Å². The SMILES string of the molecule is COc1cc2c(cc1OC)-c1c3cnnc-3c3c(n1CC2)CC(C)(C)CC3=O. The minimum Gasteiger partial charge on any atom is -0.493 e. The fraction of sp³-hybridized carbons (Fsp3) is 0.409. The van der Waals surface area contributed by atoms with E-state index < -0.39 is 0 Å². The van der Waals surface area contributed by atoms with Crippen LogP contribution in [0.1, 0.15) is 41.9 Å². The minimum atomic E-state index is -0.0591.